The molecule has 5 heteroatoms. The van der Waals surface area contributed by atoms with Crippen LogP contribution in [0.5, 0.6) is 0 Å². The third kappa shape index (κ3) is 1.99. The van der Waals surface area contributed by atoms with E-state index in [0.717, 1.165) is 32.9 Å². The molecule has 2 heterocycles. The topological polar surface area (TPSA) is 53.6 Å². The Labute approximate surface area is 147 Å². The molecule has 0 saturated heterocycles. The van der Waals surface area contributed by atoms with E-state index < -0.39 is 0 Å². The lowest BCUT2D eigenvalue weighted by atomic mass is 10.1. The summed E-state index contributed by atoms with van der Waals surface area (Å²) in [7, 11) is 0. The van der Waals surface area contributed by atoms with Gasteiger partial charge < -0.3 is 9.97 Å². The van der Waals surface area contributed by atoms with E-state index in [2.05, 4.69) is 9.97 Å². The Bertz CT molecular complexity index is 1390. The first-order valence-electron chi connectivity index (χ1n) is 7.98. The first kappa shape index (κ1) is 14.2. The molecule has 25 heavy (non-hydrogen) atoms. The van der Waals surface area contributed by atoms with Gasteiger partial charge in [-0.2, -0.15) is 0 Å². The van der Waals surface area contributed by atoms with Crippen LogP contribution in [0.3, 0.4) is 0 Å². The van der Waals surface area contributed by atoms with E-state index in [0.29, 0.717) is 10.3 Å². The van der Waals surface area contributed by atoms with Crippen LogP contribution in [-0.4, -0.2) is 14.5 Å². The molecule has 0 unspecified atom stereocenters. The number of benzene rings is 3. The summed E-state index contributed by atoms with van der Waals surface area (Å²) in [5.41, 5.74) is 2.83. The van der Waals surface area contributed by atoms with E-state index in [9.17, 15) is 4.79 Å². The number of H-pyrrole nitrogens is 2. The largest absolute Gasteiger partial charge is 0.349 e. The lowest BCUT2D eigenvalue weighted by Crippen LogP contribution is -2.20. The third-order valence-corrected chi connectivity index (χ3v) is 4.85. The van der Waals surface area contributed by atoms with Gasteiger partial charge in [-0.05, 0) is 29.7 Å². The van der Waals surface area contributed by atoms with Gasteiger partial charge in [0.1, 0.15) is 5.52 Å². The molecule has 0 fully saturated rings. The second kappa shape index (κ2) is 5.16. The normalized spacial score (nSPS) is 11.5. The van der Waals surface area contributed by atoms with Gasteiger partial charge in [0.25, 0.3) is 5.56 Å². The van der Waals surface area contributed by atoms with E-state index in [1.165, 1.54) is 0 Å². The SMILES string of the molecule is O=c1c2[nH]c3ccccc3c2[nH]c(=S)n1-c1cccc2ccccc12. The second-order valence-corrected chi connectivity index (χ2v) is 6.38. The van der Waals surface area contributed by atoms with Crippen LogP contribution >= 0.6 is 12.2 Å². The quantitative estimate of drug-likeness (QED) is 0.434. The number of aromatic amines is 2. The van der Waals surface area contributed by atoms with Crippen LogP contribution in [0.2, 0.25) is 0 Å². The van der Waals surface area contributed by atoms with Gasteiger partial charge in [0, 0.05) is 16.3 Å². The van der Waals surface area contributed by atoms with Crippen molar-refractivity contribution in [3.05, 3.63) is 81.9 Å². The molecule has 0 amide bonds. The predicted octanol–water partition coefficient (Wildman–Crippen LogP) is 4.68. The highest BCUT2D eigenvalue weighted by molar-refractivity contribution is 7.71. The van der Waals surface area contributed by atoms with E-state index in [1.807, 2.05) is 66.7 Å². The number of nitrogens with one attached hydrogen (secondary N) is 2. The van der Waals surface area contributed by atoms with Crippen LogP contribution in [0.25, 0.3) is 38.4 Å². The van der Waals surface area contributed by atoms with Crippen LogP contribution in [0.15, 0.2) is 71.5 Å². The van der Waals surface area contributed by atoms with E-state index in [-0.39, 0.29) is 5.56 Å². The second-order valence-electron chi connectivity index (χ2n) is 5.99. The Morgan fingerprint density at radius 1 is 0.760 bits per heavy atom. The Hall–Kier alpha value is -3.18. The van der Waals surface area contributed by atoms with Gasteiger partial charge in [0.05, 0.1) is 11.2 Å². The summed E-state index contributed by atoms with van der Waals surface area (Å²) >= 11 is 5.53. The van der Waals surface area contributed by atoms with Gasteiger partial charge in [-0.15, -0.1) is 0 Å². The fourth-order valence-electron chi connectivity index (χ4n) is 3.42. The van der Waals surface area contributed by atoms with Crippen molar-refractivity contribution in [3.63, 3.8) is 0 Å². The highest BCUT2D eigenvalue weighted by Crippen LogP contribution is 2.24. The van der Waals surface area contributed by atoms with Crippen LogP contribution in [0.1, 0.15) is 0 Å². The summed E-state index contributed by atoms with van der Waals surface area (Å²) < 4.78 is 1.95. The van der Waals surface area contributed by atoms with Crippen molar-refractivity contribution in [2.24, 2.45) is 0 Å². The van der Waals surface area contributed by atoms with Crippen molar-refractivity contribution in [2.45, 2.75) is 0 Å². The van der Waals surface area contributed by atoms with Gasteiger partial charge in [0.15, 0.2) is 4.77 Å². The Balaban J connectivity index is 1.95. The van der Waals surface area contributed by atoms with Crippen molar-refractivity contribution in [1.29, 1.82) is 0 Å². The highest BCUT2D eigenvalue weighted by Gasteiger charge is 2.13. The lowest BCUT2D eigenvalue weighted by molar-refractivity contribution is 0.945. The molecule has 0 aliphatic heterocycles. The maximum absolute atomic E-state index is 13.2. The zero-order valence-corrected chi connectivity index (χ0v) is 13.9. The van der Waals surface area contributed by atoms with Crippen LogP contribution in [-0.2, 0) is 0 Å². The minimum absolute atomic E-state index is 0.147. The van der Waals surface area contributed by atoms with E-state index >= 15 is 0 Å². The Kier molecular flexibility index (Phi) is 2.93. The molecule has 0 aliphatic rings. The van der Waals surface area contributed by atoms with Crippen molar-refractivity contribution in [1.82, 2.24) is 14.5 Å². The molecule has 5 aromatic rings. The van der Waals surface area contributed by atoms with Crippen molar-refractivity contribution in [2.75, 3.05) is 0 Å². The summed E-state index contributed by atoms with van der Waals surface area (Å²) in [5, 5.41) is 3.02. The molecular weight excluding hydrogens is 330 g/mol. The summed E-state index contributed by atoms with van der Waals surface area (Å²) in [4.78, 5) is 19.7. The van der Waals surface area contributed by atoms with Gasteiger partial charge in [-0.3, -0.25) is 9.36 Å². The van der Waals surface area contributed by atoms with Crippen molar-refractivity contribution >= 4 is 44.9 Å². The molecule has 0 atom stereocenters. The molecule has 120 valence electrons. The fourth-order valence-corrected chi connectivity index (χ4v) is 3.70. The van der Waals surface area contributed by atoms with Crippen LogP contribution in [0.4, 0.5) is 0 Å². The molecule has 0 bridgehead atoms. The van der Waals surface area contributed by atoms with Gasteiger partial charge in [-0.25, -0.2) is 0 Å². The molecule has 0 saturated carbocycles. The number of fused-ring (bicyclic) bond motifs is 4. The molecular formula is C20H13N3OS. The first-order chi connectivity index (χ1) is 12.2. The van der Waals surface area contributed by atoms with E-state index in [4.69, 9.17) is 12.2 Å². The zero-order valence-electron chi connectivity index (χ0n) is 13.1. The van der Waals surface area contributed by atoms with Crippen LogP contribution < -0.4 is 5.56 Å². The summed E-state index contributed by atoms with van der Waals surface area (Å²) in [6.45, 7) is 0. The average molecular weight is 343 g/mol. The molecule has 0 spiro atoms. The number of aromatic nitrogens is 3. The summed E-state index contributed by atoms with van der Waals surface area (Å²) in [6.07, 6.45) is 0. The minimum Gasteiger partial charge on any atom is -0.349 e. The summed E-state index contributed by atoms with van der Waals surface area (Å²) in [6, 6.07) is 21.7. The molecule has 0 radical (unpaired) electrons. The zero-order chi connectivity index (χ0) is 17.0. The van der Waals surface area contributed by atoms with E-state index in [1.54, 1.807) is 4.57 Å². The number of nitrogens with zero attached hydrogens (tertiary/aromatic N) is 1. The highest BCUT2D eigenvalue weighted by atomic mass is 32.1. The molecule has 5 rings (SSSR count). The maximum Gasteiger partial charge on any atom is 0.283 e. The molecule has 3 aromatic carbocycles. The molecule has 0 aliphatic carbocycles. The monoisotopic (exact) mass is 343 g/mol. The van der Waals surface area contributed by atoms with Crippen molar-refractivity contribution in [3.8, 4) is 5.69 Å². The summed E-state index contributed by atoms with van der Waals surface area (Å²) in [5.74, 6) is 0. The van der Waals surface area contributed by atoms with Crippen molar-refractivity contribution < 1.29 is 0 Å². The molecule has 2 aromatic heterocycles. The van der Waals surface area contributed by atoms with Gasteiger partial charge in [0.2, 0.25) is 0 Å². The maximum atomic E-state index is 13.2. The average Bonchev–Trinajstić information content (AvgIpc) is 3.01. The number of para-hydroxylation sites is 1. The third-order valence-electron chi connectivity index (χ3n) is 4.57. The van der Waals surface area contributed by atoms with Gasteiger partial charge in [-0.1, -0.05) is 54.6 Å². The number of hydrogen-bond acceptors (Lipinski definition) is 2. The van der Waals surface area contributed by atoms with Gasteiger partial charge >= 0.3 is 0 Å². The Morgan fingerprint density at radius 2 is 1.48 bits per heavy atom. The minimum atomic E-state index is -0.147. The number of rotatable bonds is 1. The predicted molar refractivity (Wildman–Crippen MR) is 104 cm³/mol. The first-order valence-corrected chi connectivity index (χ1v) is 8.39. The van der Waals surface area contributed by atoms with Crippen LogP contribution in [0, 0.1) is 4.77 Å². The molecule has 2 N–H and O–H groups in total. The smallest absolute Gasteiger partial charge is 0.283 e. The standard InChI is InChI=1S/C20H13N3OS/c24-19-18-17(14-9-3-4-10-15(14)21-18)22-20(25)23(19)16-11-5-7-12-6-1-2-8-13(12)16/h1-11,21H,(H,22,25). The number of hydrogen-bond donors (Lipinski definition) is 2. The fraction of sp³-hybridized carbons (Fsp3) is 0. The molecule has 4 nitrogen and oxygen atoms in total. The lowest BCUT2D eigenvalue weighted by Gasteiger charge is -2.10. The Morgan fingerprint density at radius 3 is 2.36 bits per heavy atom.